The van der Waals surface area contributed by atoms with Crippen molar-refractivity contribution < 1.29 is 4.42 Å². The number of benzene rings is 1. The van der Waals surface area contributed by atoms with Gasteiger partial charge in [0, 0.05) is 12.6 Å². The third-order valence-electron chi connectivity index (χ3n) is 1.78. The number of fused-ring (bicyclic) bond motifs is 1. The van der Waals surface area contributed by atoms with Gasteiger partial charge in [-0.05, 0) is 18.2 Å². The van der Waals surface area contributed by atoms with E-state index in [0.717, 1.165) is 16.8 Å². The molecule has 0 bridgehead atoms. The molecule has 2 aromatic rings. The molecule has 1 aromatic carbocycles. The molecule has 0 radical (unpaired) electrons. The van der Waals surface area contributed by atoms with E-state index in [2.05, 4.69) is 22.9 Å². The maximum absolute atomic E-state index is 5.34. The first-order chi connectivity index (χ1) is 6.29. The van der Waals surface area contributed by atoms with E-state index in [1.54, 1.807) is 0 Å². The monoisotopic (exact) mass is 194 g/mol. The SMILES string of the molecule is Cc1nc2cc(NCS)ccc2o1. The Balaban J connectivity index is 2.48. The van der Waals surface area contributed by atoms with Crippen LogP contribution in [0.1, 0.15) is 5.89 Å². The lowest BCUT2D eigenvalue weighted by atomic mass is 10.3. The summed E-state index contributed by atoms with van der Waals surface area (Å²) in [7, 11) is 0. The highest BCUT2D eigenvalue weighted by molar-refractivity contribution is 7.80. The van der Waals surface area contributed by atoms with E-state index < -0.39 is 0 Å². The number of nitrogens with one attached hydrogen (secondary N) is 1. The van der Waals surface area contributed by atoms with Crippen molar-refractivity contribution in [2.45, 2.75) is 6.92 Å². The van der Waals surface area contributed by atoms with E-state index in [1.807, 2.05) is 25.1 Å². The highest BCUT2D eigenvalue weighted by atomic mass is 32.1. The lowest BCUT2D eigenvalue weighted by Gasteiger charge is -1.99. The first-order valence-corrected chi connectivity index (χ1v) is 4.65. The summed E-state index contributed by atoms with van der Waals surface area (Å²) in [5, 5.41) is 3.09. The van der Waals surface area contributed by atoms with Crippen molar-refractivity contribution in [1.82, 2.24) is 4.98 Å². The van der Waals surface area contributed by atoms with Crippen LogP contribution in [0.2, 0.25) is 0 Å². The number of hydrogen-bond donors (Lipinski definition) is 2. The number of thiol groups is 1. The summed E-state index contributed by atoms with van der Waals surface area (Å²) in [6, 6.07) is 5.80. The topological polar surface area (TPSA) is 38.1 Å². The summed E-state index contributed by atoms with van der Waals surface area (Å²) >= 11 is 4.08. The molecule has 0 fully saturated rings. The summed E-state index contributed by atoms with van der Waals surface area (Å²) in [6.07, 6.45) is 0. The standard InChI is InChI=1S/C9H10N2OS/c1-6-11-8-4-7(10-5-13)2-3-9(8)12-6/h2-4,10,13H,5H2,1H3. The van der Waals surface area contributed by atoms with Gasteiger partial charge < -0.3 is 9.73 Å². The Hall–Kier alpha value is -1.16. The van der Waals surface area contributed by atoms with Gasteiger partial charge in [-0.25, -0.2) is 4.98 Å². The predicted molar refractivity (Wildman–Crippen MR) is 56.2 cm³/mol. The molecule has 0 aliphatic carbocycles. The second-order valence-electron chi connectivity index (χ2n) is 2.75. The van der Waals surface area contributed by atoms with Gasteiger partial charge in [0.25, 0.3) is 0 Å². The van der Waals surface area contributed by atoms with Crippen LogP contribution < -0.4 is 5.32 Å². The van der Waals surface area contributed by atoms with Crippen molar-refractivity contribution in [2.24, 2.45) is 0 Å². The van der Waals surface area contributed by atoms with Crippen molar-refractivity contribution in [3.8, 4) is 0 Å². The van der Waals surface area contributed by atoms with E-state index in [4.69, 9.17) is 4.42 Å². The summed E-state index contributed by atoms with van der Waals surface area (Å²) in [4.78, 5) is 4.22. The normalized spacial score (nSPS) is 10.6. The minimum atomic E-state index is 0.613. The van der Waals surface area contributed by atoms with E-state index in [1.165, 1.54) is 0 Å². The molecule has 1 N–H and O–H groups in total. The highest BCUT2D eigenvalue weighted by Gasteiger charge is 2.01. The molecule has 68 valence electrons. The third kappa shape index (κ3) is 1.62. The van der Waals surface area contributed by atoms with Crippen molar-refractivity contribution >= 4 is 29.4 Å². The van der Waals surface area contributed by atoms with Crippen LogP contribution in [0.4, 0.5) is 5.69 Å². The van der Waals surface area contributed by atoms with Gasteiger partial charge in [-0.2, -0.15) is 12.6 Å². The molecular formula is C9H10N2OS. The molecule has 0 atom stereocenters. The second kappa shape index (κ2) is 3.30. The summed E-state index contributed by atoms with van der Waals surface area (Å²) in [6.45, 7) is 1.84. The zero-order valence-electron chi connectivity index (χ0n) is 7.24. The summed E-state index contributed by atoms with van der Waals surface area (Å²) in [5.41, 5.74) is 2.71. The number of oxazole rings is 1. The molecule has 13 heavy (non-hydrogen) atoms. The van der Waals surface area contributed by atoms with Gasteiger partial charge in [0.05, 0.1) is 5.88 Å². The van der Waals surface area contributed by atoms with Crippen molar-refractivity contribution in [3.05, 3.63) is 24.1 Å². The van der Waals surface area contributed by atoms with Crippen molar-refractivity contribution in [3.63, 3.8) is 0 Å². The molecule has 3 nitrogen and oxygen atoms in total. The van der Waals surface area contributed by atoms with Crippen LogP contribution in [-0.4, -0.2) is 10.9 Å². The molecule has 0 saturated heterocycles. The van der Waals surface area contributed by atoms with Crippen LogP contribution in [0.5, 0.6) is 0 Å². The summed E-state index contributed by atoms with van der Waals surface area (Å²) in [5.74, 6) is 1.31. The number of aromatic nitrogens is 1. The van der Waals surface area contributed by atoms with Crippen LogP contribution in [-0.2, 0) is 0 Å². The van der Waals surface area contributed by atoms with Crippen molar-refractivity contribution in [2.75, 3.05) is 11.2 Å². The van der Waals surface area contributed by atoms with E-state index in [0.29, 0.717) is 11.8 Å². The fraction of sp³-hybridized carbons (Fsp3) is 0.222. The fourth-order valence-corrected chi connectivity index (χ4v) is 1.43. The number of nitrogens with zero attached hydrogens (tertiary/aromatic N) is 1. The first kappa shape index (κ1) is 8.44. The maximum Gasteiger partial charge on any atom is 0.192 e. The van der Waals surface area contributed by atoms with Gasteiger partial charge in [0.1, 0.15) is 5.52 Å². The quantitative estimate of drug-likeness (QED) is 0.569. The Morgan fingerprint density at radius 3 is 3.15 bits per heavy atom. The number of rotatable bonds is 2. The fourth-order valence-electron chi connectivity index (χ4n) is 1.24. The van der Waals surface area contributed by atoms with Gasteiger partial charge in [0.15, 0.2) is 11.5 Å². The Labute approximate surface area is 81.6 Å². The average Bonchev–Trinajstić information content (AvgIpc) is 2.44. The zero-order valence-corrected chi connectivity index (χ0v) is 8.14. The van der Waals surface area contributed by atoms with Gasteiger partial charge in [-0.3, -0.25) is 0 Å². The maximum atomic E-state index is 5.34. The molecule has 0 amide bonds. The van der Waals surface area contributed by atoms with Crippen LogP contribution in [0, 0.1) is 6.92 Å². The minimum Gasteiger partial charge on any atom is -0.441 e. The number of aryl methyl sites for hydroxylation is 1. The highest BCUT2D eigenvalue weighted by Crippen LogP contribution is 2.19. The molecule has 1 heterocycles. The number of hydrogen-bond acceptors (Lipinski definition) is 4. The second-order valence-corrected chi connectivity index (χ2v) is 3.07. The largest absolute Gasteiger partial charge is 0.441 e. The minimum absolute atomic E-state index is 0.613. The van der Waals surface area contributed by atoms with E-state index in [9.17, 15) is 0 Å². The summed E-state index contributed by atoms with van der Waals surface area (Å²) < 4.78 is 5.34. The molecule has 0 aliphatic heterocycles. The molecule has 0 unspecified atom stereocenters. The van der Waals surface area contributed by atoms with Crippen LogP contribution in [0.25, 0.3) is 11.1 Å². The van der Waals surface area contributed by atoms with Gasteiger partial charge in [-0.1, -0.05) is 0 Å². The van der Waals surface area contributed by atoms with E-state index >= 15 is 0 Å². The van der Waals surface area contributed by atoms with Gasteiger partial charge in [-0.15, -0.1) is 0 Å². The molecule has 4 heteroatoms. The van der Waals surface area contributed by atoms with Crippen molar-refractivity contribution in [1.29, 1.82) is 0 Å². The van der Waals surface area contributed by atoms with Crippen LogP contribution >= 0.6 is 12.6 Å². The Morgan fingerprint density at radius 2 is 2.38 bits per heavy atom. The predicted octanol–water partition coefficient (Wildman–Crippen LogP) is 2.44. The smallest absolute Gasteiger partial charge is 0.192 e. The molecule has 0 spiro atoms. The first-order valence-electron chi connectivity index (χ1n) is 4.01. The van der Waals surface area contributed by atoms with E-state index in [-0.39, 0.29) is 0 Å². The number of anilines is 1. The lowest BCUT2D eigenvalue weighted by molar-refractivity contribution is 0.561. The molecule has 0 aliphatic rings. The molecule has 0 saturated carbocycles. The van der Waals surface area contributed by atoms with Crippen LogP contribution in [0.3, 0.4) is 0 Å². The lowest BCUT2D eigenvalue weighted by Crippen LogP contribution is -1.93. The molecule has 1 aromatic heterocycles. The zero-order chi connectivity index (χ0) is 9.26. The van der Waals surface area contributed by atoms with Gasteiger partial charge >= 0.3 is 0 Å². The Morgan fingerprint density at radius 1 is 1.54 bits per heavy atom. The Bertz CT molecular complexity index is 424. The van der Waals surface area contributed by atoms with Gasteiger partial charge in [0.2, 0.25) is 0 Å². The Kier molecular flexibility index (Phi) is 2.14. The average molecular weight is 194 g/mol. The molecule has 2 rings (SSSR count). The molecular weight excluding hydrogens is 184 g/mol. The third-order valence-corrected chi connectivity index (χ3v) is 1.94. The van der Waals surface area contributed by atoms with Crippen LogP contribution in [0.15, 0.2) is 22.6 Å².